The lowest BCUT2D eigenvalue weighted by Gasteiger charge is -2.28. The number of nitrogens with two attached hydrogens (primary N) is 1. The van der Waals surface area contributed by atoms with Gasteiger partial charge < -0.3 is 29.6 Å². The molecular formula is C19H26N2O7. The minimum Gasteiger partial charge on any atom is -0.455 e. The molecule has 1 heterocycles. The van der Waals surface area contributed by atoms with E-state index in [1.807, 2.05) is 0 Å². The Morgan fingerprint density at radius 3 is 2.50 bits per heavy atom. The molecule has 2 unspecified atom stereocenters. The van der Waals surface area contributed by atoms with Gasteiger partial charge >= 0.3 is 12.1 Å². The normalized spacial score (nSPS) is 14.8. The number of rotatable bonds is 7. The smallest absolute Gasteiger partial charge is 0.410 e. The molecule has 2 N–H and O–H groups in total. The van der Waals surface area contributed by atoms with Crippen molar-refractivity contribution in [1.82, 2.24) is 4.90 Å². The van der Waals surface area contributed by atoms with Crippen molar-refractivity contribution in [2.75, 3.05) is 20.4 Å². The predicted molar refractivity (Wildman–Crippen MR) is 99.3 cm³/mol. The number of fused-ring (bicyclic) bond motifs is 1. The Kier molecular flexibility index (Phi) is 6.50. The average molecular weight is 394 g/mol. The molecule has 0 fully saturated rings. The van der Waals surface area contributed by atoms with Gasteiger partial charge in [0.2, 0.25) is 6.79 Å². The molecule has 0 saturated carbocycles. The van der Waals surface area contributed by atoms with Gasteiger partial charge in [0, 0.05) is 12.6 Å². The molecule has 0 radical (unpaired) electrons. The molecule has 1 aromatic carbocycles. The number of nitrogens with zero attached hydrogens (tertiary/aromatic N) is 1. The Balaban J connectivity index is 1.94. The molecule has 1 amide bonds. The van der Waals surface area contributed by atoms with Crippen LogP contribution in [0.3, 0.4) is 0 Å². The van der Waals surface area contributed by atoms with Crippen molar-refractivity contribution in [3.8, 4) is 11.5 Å². The van der Waals surface area contributed by atoms with E-state index in [0.717, 1.165) is 0 Å². The largest absolute Gasteiger partial charge is 0.455 e. The van der Waals surface area contributed by atoms with E-state index in [1.54, 1.807) is 39.0 Å². The first-order valence-electron chi connectivity index (χ1n) is 8.84. The van der Waals surface area contributed by atoms with Crippen LogP contribution < -0.4 is 15.2 Å². The van der Waals surface area contributed by atoms with Gasteiger partial charge in [-0.3, -0.25) is 9.59 Å². The average Bonchev–Trinajstić information content (AvgIpc) is 3.11. The third-order valence-corrected chi connectivity index (χ3v) is 4.20. The summed E-state index contributed by atoms with van der Waals surface area (Å²) in [6.45, 7) is 6.22. The molecule has 0 spiro atoms. The Labute approximate surface area is 163 Å². The molecule has 9 heteroatoms. The zero-order chi connectivity index (χ0) is 21.1. The molecule has 9 nitrogen and oxygen atoms in total. The van der Waals surface area contributed by atoms with Gasteiger partial charge in [-0.1, -0.05) is 0 Å². The van der Waals surface area contributed by atoms with E-state index >= 15 is 0 Å². The fourth-order valence-corrected chi connectivity index (χ4v) is 2.36. The predicted octanol–water partition coefficient (Wildman–Crippen LogP) is 1.72. The van der Waals surface area contributed by atoms with Gasteiger partial charge in [0.25, 0.3) is 0 Å². The van der Waals surface area contributed by atoms with Crippen molar-refractivity contribution >= 4 is 17.8 Å². The highest BCUT2D eigenvalue weighted by molar-refractivity contribution is 6.01. The molecular weight excluding hydrogens is 368 g/mol. The molecule has 28 heavy (non-hydrogen) atoms. The maximum atomic E-state index is 12.7. The van der Waals surface area contributed by atoms with Crippen LogP contribution in [0.5, 0.6) is 11.5 Å². The van der Waals surface area contributed by atoms with E-state index < -0.39 is 29.7 Å². The highest BCUT2D eigenvalue weighted by Gasteiger charge is 2.30. The number of ketones is 1. The van der Waals surface area contributed by atoms with E-state index in [4.69, 9.17) is 24.7 Å². The molecule has 0 saturated heterocycles. The van der Waals surface area contributed by atoms with Crippen molar-refractivity contribution in [1.29, 1.82) is 0 Å². The van der Waals surface area contributed by atoms with Gasteiger partial charge in [0.05, 0.1) is 6.04 Å². The van der Waals surface area contributed by atoms with E-state index in [0.29, 0.717) is 17.1 Å². The zero-order valence-corrected chi connectivity index (χ0v) is 16.7. The van der Waals surface area contributed by atoms with Crippen LogP contribution in [0.25, 0.3) is 0 Å². The van der Waals surface area contributed by atoms with Crippen molar-refractivity contribution in [2.45, 2.75) is 45.4 Å². The number of hydrogen-bond acceptors (Lipinski definition) is 8. The summed E-state index contributed by atoms with van der Waals surface area (Å²) in [4.78, 5) is 37.8. The number of likely N-dealkylation sites (N-methyl/N-ethyl adjacent to an activating group) is 1. The van der Waals surface area contributed by atoms with Crippen LogP contribution in [0, 0.1) is 0 Å². The van der Waals surface area contributed by atoms with Gasteiger partial charge in [-0.05, 0) is 45.9 Å². The minimum atomic E-state index is -1.05. The first-order valence-corrected chi connectivity index (χ1v) is 8.84. The second-order valence-corrected chi connectivity index (χ2v) is 7.24. The second-order valence-electron chi connectivity index (χ2n) is 7.24. The minimum absolute atomic E-state index is 0.109. The molecule has 1 aliphatic rings. The van der Waals surface area contributed by atoms with E-state index in [2.05, 4.69) is 0 Å². The van der Waals surface area contributed by atoms with Crippen LogP contribution in [-0.2, 0) is 14.3 Å². The highest BCUT2D eigenvalue weighted by atomic mass is 16.7. The lowest BCUT2D eigenvalue weighted by atomic mass is 10.0. The van der Waals surface area contributed by atoms with Crippen molar-refractivity contribution < 1.29 is 33.3 Å². The molecule has 0 aliphatic carbocycles. The Morgan fingerprint density at radius 1 is 1.21 bits per heavy atom. The van der Waals surface area contributed by atoms with Gasteiger partial charge in [0.15, 0.2) is 17.3 Å². The summed E-state index contributed by atoms with van der Waals surface area (Å²) >= 11 is 0. The Morgan fingerprint density at radius 2 is 1.86 bits per heavy atom. The van der Waals surface area contributed by atoms with Gasteiger partial charge in [-0.15, -0.1) is 0 Å². The first-order chi connectivity index (χ1) is 13.0. The number of Topliss-reactive ketones (excluding diaryl/α,β-unsaturated/α-hetero) is 1. The van der Waals surface area contributed by atoms with E-state index in [9.17, 15) is 14.4 Å². The number of amides is 1. The molecule has 154 valence electrons. The quantitative estimate of drug-likeness (QED) is 0.549. The maximum absolute atomic E-state index is 12.7. The summed E-state index contributed by atoms with van der Waals surface area (Å²) in [7, 11) is 1.46. The first kappa shape index (κ1) is 21.5. The molecule has 2 rings (SSSR count). The van der Waals surface area contributed by atoms with E-state index in [-0.39, 0.29) is 19.2 Å². The molecule has 0 bridgehead atoms. The zero-order valence-electron chi connectivity index (χ0n) is 16.7. The Hall–Kier alpha value is -2.81. The monoisotopic (exact) mass is 394 g/mol. The van der Waals surface area contributed by atoms with Crippen molar-refractivity contribution in [3.05, 3.63) is 23.8 Å². The van der Waals surface area contributed by atoms with Gasteiger partial charge in [-0.2, -0.15) is 0 Å². The number of carbonyl (C=O) groups excluding carboxylic acids is 3. The summed E-state index contributed by atoms with van der Waals surface area (Å²) in [6.07, 6.45) is -0.716. The molecule has 2 atom stereocenters. The lowest BCUT2D eigenvalue weighted by molar-refractivity contribution is -0.161. The SMILES string of the molecule is CC(N)C(=O)OC(C)(C)COC(=O)N(C)C(C)C(=O)c1ccc2c(c1)OCO2. The van der Waals surface area contributed by atoms with Crippen LogP contribution in [0.1, 0.15) is 38.1 Å². The summed E-state index contributed by atoms with van der Waals surface area (Å²) < 4.78 is 20.9. The fourth-order valence-electron chi connectivity index (χ4n) is 2.36. The van der Waals surface area contributed by atoms with Crippen molar-refractivity contribution in [2.24, 2.45) is 5.73 Å². The summed E-state index contributed by atoms with van der Waals surface area (Å²) in [5.74, 6) is 0.183. The Bertz CT molecular complexity index is 761. The van der Waals surface area contributed by atoms with E-state index in [1.165, 1.54) is 18.9 Å². The summed E-state index contributed by atoms with van der Waals surface area (Å²) in [5, 5.41) is 0. The van der Waals surface area contributed by atoms with Crippen LogP contribution in [0.2, 0.25) is 0 Å². The standard InChI is InChI=1S/C19H26N2O7/c1-11(20)17(23)28-19(3,4)9-25-18(24)21(5)12(2)16(22)13-6-7-14-15(8-13)27-10-26-14/h6-8,11-12H,9-10,20H2,1-5H3. The van der Waals surface area contributed by atoms with Crippen LogP contribution in [0.4, 0.5) is 4.79 Å². The maximum Gasteiger partial charge on any atom is 0.410 e. The lowest BCUT2D eigenvalue weighted by Crippen LogP contribution is -2.44. The highest BCUT2D eigenvalue weighted by Crippen LogP contribution is 2.33. The second kappa shape index (κ2) is 8.47. The topological polar surface area (TPSA) is 117 Å². The summed E-state index contributed by atoms with van der Waals surface area (Å²) in [6, 6.07) is 3.29. The summed E-state index contributed by atoms with van der Waals surface area (Å²) in [5.41, 5.74) is 4.81. The number of benzene rings is 1. The van der Waals surface area contributed by atoms with Crippen LogP contribution in [0.15, 0.2) is 18.2 Å². The third-order valence-electron chi connectivity index (χ3n) is 4.20. The van der Waals surface area contributed by atoms with Crippen LogP contribution in [-0.4, -0.2) is 60.9 Å². The third kappa shape index (κ3) is 5.13. The number of carbonyl (C=O) groups is 3. The number of hydrogen-bond donors (Lipinski definition) is 1. The number of esters is 1. The molecule has 0 aromatic heterocycles. The number of ether oxygens (including phenoxy) is 4. The van der Waals surface area contributed by atoms with Crippen LogP contribution >= 0.6 is 0 Å². The molecule has 1 aromatic rings. The van der Waals surface area contributed by atoms with Gasteiger partial charge in [0.1, 0.15) is 18.2 Å². The fraction of sp³-hybridized carbons (Fsp3) is 0.526. The molecule has 1 aliphatic heterocycles. The van der Waals surface area contributed by atoms with Gasteiger partial charge in [-0.25, -0.2) is 4.79 Å². The van der Waals surface area contributed by atoms with Crippen molar-refractivity contribution in [3.63, 3.8) is 0 Å².